The third-order valence-electron chi connectivity index (χ3n) is 5.30. The molecule has 1 aromatic heterocycles. The van der Waals surface area contributed by atoms with E-state index in [2.05, 4.69) is 4.74 Å². The zero-order chi connectivity index (χ0) is 22.0. The van der Waals surface area contributed by atoms with Crippen LogP contribution in [0, 0.1) is 11.7 Å². The highest BCUT2D eigenvalue weighted by atomic mass is 35.5. The molecule has 1 aliphatic rings. The lowest BCUT2D eigenvalue weighted by atomic mass is 9.87. The van der Waals surface area contributed by atoms with Crippen LogP contribution in [0.1, 0.15) is 42.2 Å². The fourth-order valence-electron chi connectivity index (χ4n) is 3.74. The molecule has 6 nitrogen and oxygen atoms in total. The fourth-order valence-corrected chi connectivity index (χ4v) is 3.96. The van der Waals surface area contributed by atoms with Crippen LogP contribution in [0.5, 0.6) is 5.75 Å². The van der Waals surface area contributed by atoms with E-state index in [4.69, 9.17) is 21.1 Å². The van der Waals surface area contributed by atoms with E-state index in [1.807, 2.05) is 19.9 Å². The standard InChI is InChI=1S/C22H25ClFNO5/c1-12(2)17-8-13-9-18(30-7-5-6-28-3)16(23)10-14(13)20-19(24)21(26)15(11-25(17)20)22(27)29-4/h9-12,17H,5-8H2,1-4H3/t17-/m1/s1. The molecular weight excluding hydrogens is 413 g/mol. The van der Waals surface area contributed by atoms with Crippen LogP contribution < -0.4 is 10.2 Å². The van der Waals surface area contributed by atoms with Crippen molar-refractivity contribution in [1.29, 1.82) is 0 Å². The van der Waals surface area contributed by atoms with Gasteiger partial charge in [-0.25, -0.2) is 9.18 Å². The first kappa shape index (κ1) is 22.3. The number of benzene rings is 1. The Morgan fingerprint density at radius 2 is 2.03 bits per heavy atom. The number of pyridine rings is 1. The van der Waals surface area contributed by atoms with Gasteiger partial charge in [0.05, 0.1) is 24.4 Å². The molecule has 2 aromatic rings. The molecule has 0 unspecified atom stereocenters. The average molecular weight is 438 g/mol. The lowest BCUT2D eigenvalue weighted by Gasteiger charge is -2.34. The second-order valence-electron chi connectivity index (χ2n) is 7.58. The molecule has 0 bridgehead atoms. The maximum atomic E-state index is 15.2. The number of ether oxygens (including phenoxy) is 3. The third kappa shape index (κ3) is 4.09. The molecule has 0 amide bonds. The van der Waals surface area contributed by atoms with Crippen LogP contribution in [0.2, 0.25) is 5.02 Å². The summed E-state index contributed by atoms with van der Waals surface area (Å²) in [6.07, 6.45) is 2.68. The lowest BCUT2D eigenvalue weighted by molar-refractivity contribution is 0.0597. The summed E-state index contributed by atoms with van der Waals surface area (Å²) in [4.78, 5) is 24.5. The van der Waals surface area contributed by atoms with Crippen LogP contribution >= 0.6 is 11.6 Å². The molecule has 0 N–H and O–H groups in total. The van der Waals surface area contributed by atoms with E-state index in [1.165, 1.54) is 6.20 Å². The van der Waals surface area contributed by atoms with Gasteiger partial charge in [-0.1, -0.05) is 25.4 Å². The van der Waals surface area contributed by atoms with E-state index in [0.29, 0.717) is 42.4 Å². The van der Waals surface area contributed by atoms with Crippen molar-refractivity contribution in [3.05, 3.63) is 50.5 Å². The van der Waals surface area contributed by atoms with Crippen molar-refractivity contribution in [3.8, 4) is 17.0 Å². The molecule has 162 valence electrons. The Labute approximate surface area is 179 Å². The molecule has 30 heavy (non-hydrogen) atoms. The minimum absolute atomic E-state index is 0.117. The minimum atomic E-state index is -0.991. The van der Waals surface area contributed by atoms with E-state index < -0.39 is 17.2 Å². The van der Waals surface area contributed by atoms with Crippen molar-refractivity contribution >= 4 is 17.6 Å². The maximum Gasteiger partial charge on any atom is 0.343 e. The molecule has 0 spiro atoms. The summed E-state index contributed by atoms with van der Waals surface area (Å²) in [5, 5.41) is 0.324. The Kier molecular flexibility index (Phi) is 6.83. The van der Waals surface area contributed by atoms with Gasteiger partial charge in [0.25, 0.3) is 0 Å². The third-order valence-corrected chi connectivity index (χ3v) is 5.60. The number of aromatic nitrogens is 1. The Balaban J connectivity index is 2.14. The molecule has 1 aliphatic heterocycles. The summed E-state index contributed by atoms with van der Waals surface area (Å²) in [6, 6.07) is 3.26. The second-order valence-corrected chi connectivity index (χ2v) is 7.99. The smallest absolute Gasteiger partial charge is 0.343 e. The first-order valence-corrected chi connectivity index (χ1v) is 10.1. The summed E-state index contributed by atoms with van der Waals surface area (Å²) < 4.78 is 32.3. The van der Waals surface area contributed by atoms with Crippen LogP contribution in [0.15, 0.2) is 23.1 Å². The molecule has 1 atom stereocenters. The number of fused-ring (bicyclic) bond motifs is 3. The zero-order valence-corrected chi connectivity index (χ0v) is 18.2. The molecular formula is C22H25ClFNO5. The number of nitrogens with zero attached hydrogens (tertiary/aromatic N) is 1. The summed E-state index contributed by atoms with van der Waals surface area (Å²) in [5.74, 6) is -1.22. The van der Waals surface area contributed by atoms with Crippen LogP contribution in [-0.2, 0) is 15.9 Å². The molecule has 2 heterocycles. The summed E-state index contributed by atoms with van der Waals surface area (Å²) >= 11 is 6.40. The molecule has 0 saturated heterocycles. The van der Waals surface area contributed by atoms with Crippen molar-refractivity contribution < 1.29 is 23.4 Å². The largest absolute Gasteiger partial charge is 0.492 e. The van der Waals surface area contributed by atoms with Gasteiger partial charge in [0, 0.05) is 37.9 Å². The summed E-state index contributed by atoms with van der Waals surface area (Å²) in [5.41, 5.74) is 0.174. The minimum Gasteiger partial charge on any atom is -0.492 e. The Bertz CT molecular complexity index is 1020. The Morgan fingerprint density at radius 1 is 1.30 bits per heavy atom. The second kappa shape index (κ2) is 9.18. The maximum absolute atomic E-state index is 15.2. The van der Waals surface area contributed by atoms with Gasteiger partial charge in [-0.05, 0) is 30.0 Å². The van der Waals surface area contributed by atoms with Gasteiger partial charge in [-0.15, -0.1) is 0 Å². The van der Waals surface area contributed by atoms with Crippen LogP contribution in [0.3, 0.4) is 0 Å². The number of methoxy groups -OCH3 is 2. The molecule has 8 heteroatoms. The van der Waals surface area contributed by atoms with Crippen molar-refractivity contribution in [2.45, 2.75) is 32.7 Å². The molecule has 3 rings (SSSR count). The first-order valence-electron chi connectivity index (χ1n) is 9.77. The van der Waals surface area contributed by atoms with Crippen molar-refractivity contribution in [1.82, 2.24) is 4.57 Å². The van der Waals surface area contributed by atoms with Gasteiger partial charge in [-0.3, -0.25) is 4.79 Å². The van der Waals surface area contributed by atoms with E-state index >= 15 is 4.39 Å². The van der Waals surface area contributed by atoms with E-state index in [1.54, 1.807) is 17.7 Å². The van der Waals surface area contributed by atoms with E-state index in [0.717, 1.165) is 12.7 Å². The Morgan fingerprint density at radius 3 is 2.67 bits per heavy atom. The van der Waals surface area contributed by atoms with Crippen molar-refractivity contribution in [2.75, 3.05) is 27.4 Å². The van der Waals surface area contributed by atoms with Gasteiger partial charge in [0.2, 0.25) is 5.43 Å². The number of carbonyl (C=O) groups excluding carboxylic acids is 1. The quantitative estimate of drug-likeness (QED) is 0.478. The Hall–Kier alpha value is -2.38. The van der Waals surface area contributed by atoms with Gasteiger partial charge in [0.1, 0.15) is 11.3 Å². The van der Waals surface area contributed by atoms with Crippen molar-refractivity contribution in [2.24, 2.45) is 5.92 Å². The molecule has 0 saturated carbocycles. The topological polar surface area (TPSA) is 66.8 Å². The number of esters is 1. The van der Waals surface area contributed by atoms with Crippen LogP contribution in [0.4, 0.5) is 4.39 Å². The molecule has 0 fully saturated rings. The van der Waals surface area contributed by atoms with Gasteiger partial charge >= 0.3 is 5.97 Å². The SMILES string of the molecule is COCCCOc1cc2c(cc1Cl)-c1c(F)c(=O)c(C(=O)OC)cn1[C@@H](C(C)C)C2. The van der Waals surface area contributed by atoms with Gasteiger partial charge in [-0.2, -0.15) is 0 Å². The van der Waals surface area contributed by atoms with Crippen LogP contribution in [0.25, 0.3) is 11.3 Å². The average Bonchev–Trinajstić information content (AvgIpc) is 2.72. The first-order chi connectivity index (χ1) is 14.3. The number of halogens is 2. The fraction of sp³-hybridized carbons (Fsp3) is 0.455. The molecule has 0 radical (unpaired) electrons. The highest BCUT2D eigenvalue weighted by molar-refractivity contribution is 6.32. The van der Waals surface area contributed by atoms with Gasteiger partial charge in [0.15, 0.2) is 5.82 Å². The summed E-state index contributed by atoms with van der Waals surface area (Å²) in [6.45, 7) is 5.02. The van der Waals surface area contributed by atoms with E-state index in [-0.39, 0.29) is 23.2 Å². The molecule has 1 aromatic carbocycles. The predicted octanol–water partition coefficient (Wildman–Crippen LogP) is 4.26. The van der Waals surface area contributed by atoms with E-state index in [9.17, 15) is 9.59 Å². The number of rotatable bonds is 7. The van der Waals surface area contributed by atoms with Gasteiger partial charge < -0.3 is 18.8 Å². The lowest BCUT2D eigenvalue weighted by Crippen LogP contribution is -2.31. The number of hydrogen-bond acceptors (Lipinski definition) is 5. The number of hydrogen-bond donors (Lipinski definition) is 0. The highest BCUT2D eigenvalue weighted by Crippen LogP contribution is 2.42. The summed E-state index contributed by atoms with van der Waals surface area (Å²) in [7, 11) is 2.78. The highest BCUT2D eigenvalue weighted by Gasteiger charge is 2.32. The monoisotopic (exact) mass is 437 g/mol. The number of carbonyl (C=O) groups is 1. The normalized spacial score (nSPS) is 15.0. The van der Waals surface area contributed by atoms with Crippen molar-refractivity contribution in [3.63, 3.8) is 0 Å². The molecule has 0 aliphatic carbocycles. The van der Waals surface area contributed by atoms with Crippen LogP contribution in [-0.4, -0.2) is 38.0 Å². The predicted molar refractivity (Wildman–Crippen MR) is 112 cm³/mol. The zero-order valence-electron chi connectivity index (χ0n) is 17.5.